The number of nitrogens with zero attached hydrogens (tertiary/aromatic N) is 3. The summed E-state index contributed by atoms with van der Waals surface area (Å²) < 4.78 is 0. The third kappa shape index (κ3) is 5.01. The second-order valence-electron chi connectivity index (χ2n) is 11.7. The Labute approximate surface area is 195 Å². The predicted octanol–water partition coefficient (Wildman–Crippen LogP) is 2.97. The fraction of sp³-hybridized carbons (Fsp3) is 0.923. The van der Waals surface area contributed by atoms with Crippen LogP contribution >= 0.6 is 0 Å². The molecule has 1 saturated carbocycles. The Balaban J connectivity index is 1.35. The first-order valence-corrected chi connectivity index (χ1v) is 13.4. The topological polar surface area (TPSA) is 55.9 Å². The van der Waals surface area contributed by atoms with E-state index in [0.29, 0.717) is 24.3 Å². The number of hydrogen-bond donors (Lipinski definition) is 1. The number of piperazine rings is 1. The highest BCUT2D eigenvalue weighted by atomic mass is 16.2. The maximum absolute atomic E-state index is 13.7. The lowest BCUT2D eigenvalue weighted by Crippen LogP contribution is -2.64. The van der Waals surface area contributed by atoms with E-state index in [1.165, 1.54) is 38.9 Å². The fourth-order valence-corrected chi connectivity index (χ4v) is 6.50. The van der Waals surface area contributed by atoms with Gasteiger partial charge in [0.15, 0.2) is 0 Å². The lowest BCUT2D eigenvalue weighted by molar-refractivity contribution is -0.151. The molecule has 2 unspecified atom stereocenters. The molecule has 6 nitrogen and oxygen atoms in total. The van der Waals surface area contributed by atoms with Crippen LogP contribution in [0.3, 0.4) is 0 Å². The van der Waals surface area contributed by atoms with E-state index in [9.17, 15) is 9.59 Å². The highest BCUT2D eigenvalue weighted by molar-refractivity contribution is 5.95. The number of hydrogen-bond acceptors (Lipinski definition) is 4. The van der Waals surface area contributed by atoms with Gasteiger partial charge in [0.1, 0.15) is 11.6 Å². The van der Waals surface area contributed by atoms with Gasteiger partial charge in [-0.05, 0) is 88.3 Å². The van der Waals surface area contributed by atoms with Crippen LogP contribution in [0.25, 0.3) is 0 Å². The Morgan fingerprint density at radius 2 is 1.75 bits per heavy atom. The zero-order chi connectivity index (χ0) is 22.9. The van der Waals surface area contributed by atoms with Crippen LogP contribution in [-0.4, -0.2) is 83.9 Å². The predicted molar refractivity (Wildman–Crippen MR) is 128 cm³/mol. The summed E-state index contributed by atoms with van der Waals surface area (Å²) in [5, 5.41) is 3.53. The van der Waals surface area contributed by atoms with E-state index in [2.05, 4.69) is 42.8 Å². The molecule has 1 spiro atoms. The minimum absolute atomic E-state index is 0.182. The molecule has 0 aromatic heterocycles. The number of carbonyl (C=O) groups excluding carboxylic acids is 2. The fourth-order valence-electron chi connectivity index (χ4n) is 6.50. The molecule has 0 aromatic carbocycles. The first-order chi connectivity index (χ1) is 15.3. The summed E-state index contributed by atoms with van der Waals surface area (Å²) >= 11 is 0. The number of carbonyl (C=O) groups is 2. The molecule has 6 heteroatoms. The Kier molecular flexibility index (Phi) is 7.50. The van der Waals surface area contributed by atoms with Crippen molar-refractivity contribution >= 4 is 11.8 Å². The van der Waals surface area contributed by atoms with Gasteiger partial charge in [0, 0.05) is 26.2 Å². The first kappa shape index (κ1) is 24.0. The maximum atomic E-state index is 13.7. The van der Waals surface area contributed by atoms with E-state index >= 15 is 0 Å². The third-order valence-corrected chi connectivity index (χ3v) is 8.59. The smallest absolute Gasteiger partial charge is 0.245 e. The van der Waals surface area contributed by atoms with Gasteiger partial charge in [-0.15, -0.1) is 0 Å². The molecule has 3 aliphatic heterocycles. The molecule has 4 fully saturated rings. The normalized spacial score (nSPS) is 30.7. The zero-order valence-electron chi connectivity index (χ0n) is 20.9. The molecule has 3 heterocycles. The number of rotatable bonds is 8. The van der Waals surface area contributed by atoms with E-state index in [0.717, 1.165) is 51.2 Å². The lowest BCUT2D eigenvalue weighted by Gasteiger charge is -2.42. The van der Waals surface area contributed by atoms with Gasteiger partial charge in [-0.3, -0.25) is 9.59 Å². The molecule has 2 amide bonds. The molecular weight excluding hydrogens is 400 g/mol. The van der Waals surface area contributed by atoms with Crippen molar-refractivity contribution in [3.05, 3.63) is 0 Å². The van der Waals surface area contributed by atoms with E-state index in [-0.39, 0.29) is 17.9 Å². The number of likely N-dealkylation sites (tertiary alicyclic amines) is 2. The maximum Gasteiger partial charge on any atom is 0.245 e. The van der Waals surface area contributed by atoms with E-state index in [4.69, 9.17) is 0 Å². The number of nitrogens with one attached hydrogen (secondary N) is 1. The Hall–Kier alpha value is -1.14. The molecule has 182 valence electrons. The second kappa shape index (κ2) is 10.0. The van der Waals surface area contributed by atoms with Crippen molar-refractivity contribution in [3.8, 4) is 0 Å². The van der Waals surface area contributed by atoms with Crippen LogP contribution in [0.5, 0.6) is 0 Å². The van der Waals surface area contributed by atoms with Crippen molar-refractivity contribution in [1.29, 1.82) is 0 Å². The van der Waals surface area contributed by atoms with Crippen LogP contribution in [0.15, 0.2) is 0 Å². The Bertz CT molecular complexity index is 667. The largest absolute Gasteiger partial charge is 0.341 e. The molecule has 1 N–H and O–H groups in total. The van der Waals surface area contributed by atoms with Gasteiger partial charge in [-0.25, -0.2) is 0 Å². The summed E-state index contributed by atoms with van der Waals surface area (Å²) in [5.41, 5.74) is -0.398. The summed E-state index contributed by atoms with van der Waals surface area (Å²) in [6, 6.07) is -0.295. The van der Waals surface area contributed by atoms with E-state index in [1.807, 2.05) is 4.90 Å². The van der Waals surface area contributed by atoms with E-state index < -0.39 is 5.54 Å². The summed E-state index contributed by atoms with van der Waals surface area (Å²) in [5.74, 6) is 2.40. The third-order valence-electron chi connectivity index (χ3n) is 8.59. The highest BCUT2D eigenvalue weighted by Crippen LogP contribution is 2.50. The van der Waals surface area contributed by atoms with Gasteiger partial charge in [0.05, 0.1) is 0 Å². The zero-order valence-corrected chi connectivity index (χ0v) is 20.9. The van der Waals surface area contributed by atoms with Crippen molar-refractivity contribution in [2.75, 3.05) is 45.8 Å². The van der Waals surface area contributed by atoms with Crippen LogP contribution in [-0.2, 0) is 9.59 Å². The molecule has 1 aliphatic carbocycles. The monoisotopic (exact) mass is 446 g/mol. The van der Waals surface area contributed by atoms with Crippen LogP contribution in [0.2, 0.25) is 0 Å². The van der Waals surface area contributed by atoms with Crippen molar-refractivity contribution in [1.82, 2.24) is 20.0 Å². The quantitative estimate of drug-likeness (QED) is 0.623. The summed E-state index contributed by atoms with van der Waals surface area (Å²) in [6.07, 6.45) is 7.90. The Morgan fingerprint density at radius 3 is 2.34 bits per heavy atom. The summed E-state index contributed by atoms with van der Waals surface area (Å²) in [6.45, 7) is 15.7. The van der Waals surface area contributed by atoms with Crippen LogP contribution in [0.4, 0.5) is 0 Å². The van der Waals surface area contributed by atoms with Crippen LogP contribution in [0.1, 0.15) is 72.6 Å². The van der Waals surface area contributed by atoms with Gasteiger partial charge >= 0.3 is 0 Å². The molecule has 0 radical (unpaired) electrons. The van der Waals surface area contributed by atoms with Crippen molar-refractivity contribution in [2.45, 2.75) is 84.2 Å². The standard InChI is InChI=1S/C26H46N4O2/c1-19(2)17-23(30-16-10-27-26(25(30)32)18-22(26)20(3)4)24(31)29-14-8-21(9-15-29)7-13-28-11-5-6-12-28/h19-23,27H,5-18H2,1-4H3/t22?,23-,26?/m0/s1. The highest BCUT2D eigenvalue weighted by Gasteiger charge is 2.64. The van der Waals surface area contributed by atoms with Crippen LogP contribution in [0, 0.1) is 23.7 Å². The average Bonchev–Trinajstić information content (AvgIpc) is 3.25. The second-order valence-corrected chi connectivity index (χ2v) is 11.7. The van der Waals surface area contributed by atoms with Crippen LogP contribution < -0.4 is 5.32 Å². The minimum Gasteiger partial charge on any atom is -0.341 e. The number of amides is 2. The molecular formula is C26H46N4O2. The van der Waals surface area contributed by atoms with Gasteiger partial charge in [-0.1, -0.05) is 27.7 Å². The molecule has 4 rings (SSSR count). The minimum atomic E-state index is -0.398. The van der Waals surface area contributed by atoms with Crippen molar-refractivity contribution in [3.63, 3.8) is 0 Å². The summed E-state index contributed by atoms with van der Waals surface area (Å²) in [4.78, 5) is 33.9. The summed E-state index contributed by atoms with van der Waals surface area (Å²) in [7, 11) is 0. The number of piperidine rings is 1. The van der Waals surface area contributed by atoms with E-state index in [1.54, 1.807) is 0 Å². The van der Waals surface area contributed by atoms with Crippen molar-refractivity contribution in [2.24, 2.45) is 23.7 Å². The molecule has 0 bridgehead atoms. The molecule has 32 heavy (non-hydrogen) atoms. The first-order valence-electron chi connectivity index (χ1n) is 13.4. The molecule has 3 atom stereocenters. The van der Waals surface area contributed by atoms with Crippen molar-refractivity contribution < 1.29 is 9.59 Å². The molecule has 3 saturated heterocycles. The molecule has 4 aliphatic rings. The Morgan fingerprint density at radius 1 is 1.06 bits per heavy atom. The SMILES string of the molecule is CC(C)C[C@@H](C(=O)N1CCC(CCN2CCCC2)CC1)N1CCNC2(CC2C(C)C)C1=O. The average molecular weight is 447 g/mol. The molecule has 0 aromatic rings. The van der Waals surface area contributed by atoms with Gasteiger partial charge in [0.2, 0.25) is 11.8 Å². The van der Waals surface area contributed by atoms with Gasteiger partial charge in [0.25, 0.3) is 0 Å². The van der Waals surface area contributed by atoms with Gasteiger partial charge < -0.3 is 20.0 Å². The lowest BCUT2D eigenvalue weighted by atomic mass is 9.91. The van der Waals surface area contributed by atoms with Gasteiger partial charge in [-0.2, -0.15) is 0 Å².